The molecule has 0 amide bonds. The summed E-state index contributed by atoms with van der Waals surface area (Å²) in [4.78, 5) is 10.3. The van der Waals surface area contributed by atoms with Crippen molar-refractivity contribution in [2.24, 2.45) is 0 Å². The fourth-order valence-electron chi connectivity index (χ4n) is 1.83. The molecule has 1 aromatic carbocycles. The minimum absolute atomic E-state index is 0.153. The molecule has 0 fully saturated rings. The van der Waals surface area contributed by atoms with Gasteiger partial charge in [0.05, 0.1) is 16.4 Å². The molecule has 0 aliphatic heterocycles. The predicted molar refractivity (Wildman–Crippen MR) is 80.1 cm³/mol. The summed E-state index contributed by atoms with van der Waals surface area (Å²) in [7, 11) is -2.48. The van der Waals surface area contributed by atoms with Crippen molar-refractivity contribution < 1.29 is 13.3 Å². The highest BCUT2D eigenvalue weighted by molar-refractivity contribution is 7.89. The highest BCUT2D eigenvalue weighted by Gasteiger charge is 2.20. The first-order valence-corrected chi connectivity index (χ1v) is 7.85. The quantitative estimate of drug-likeness (QED) is 0.574. The maximum atomic E-state index is 11.7. The number of hydrogen-bond acceptors (Lipinski definition) is 6. The molecular weight excluding hydrogens is 310 g/mol. The van der Waals surface area contributed by atoms with Crippen LogP contribution in [0, 0.1) is 10.1 Å². The molecule has 1 aromatic heterocycles. The molecule has 2 rings (SSSR count). The van der Waals surface area contributed by atoms with E-state index in [1.807, 2.05) is 0 Å². The Morgan fingerprint density at radius 1 is 1.41 bits per heavy atom. The smallest absolute Gasteiger partial charge is 0.293 e. The van der Waals surface area contributed by atoms with Crippen LogP contribution in [0.3, 0.4) is 0 Å². The van der Waals surface area contributed by atoms with Gasteiger partial charge in [-0.25, -0.2) is 13.1 Å². The van der Waals surface area contributed by atoms with E-state index in [1.165, 1.54) is 19.2 Å². The summed E-state index contributed by atoms with van der Waals surface area (Å²) < 4.78 is 27.2. The van der Waals surface area contributed by atoms with Gasteiger partial charge < -0.3 is 5.32 Å². The number of hydrogen-bond donors (Lipinski definition) is 2. The highest BCUT2D eigenvalue weighted by atomic mass is 32.2. The largest absolute Gasteiger partial charge is 0.378 e. The van der Waals surface area contributed by atoms with Gasteiger partial charge in [0.1, 0.15) is 5.69 Å². The van der Waals surface area contributed by atoms with E-state index >= 15 is 0 Å². The molecule has 2 N–H and O–H groups in total. The van der Waals surface area contributed by atoms with Crippen LogP contribution in [-0.4, -0.2) is 36.7 Å². The first kappa shape index (κ1) is 15.9. The minimum Gasteiger partial charge on any atom is -0.378 e. The Labute approximate surface area is 127 Å². The van der Waals surface area contributed by atoms with E-state index in [0.717, 1.165) is 6.07 Å². The Morgan fingerprint density at radius 3 is 2.77 bits per heavy atom. The molecule has 2 aromatic rings. The Morgan fingerprint density at radius 2 is 2.18 bits per heavy atom. The van der Waals surface area contributed by atoms with Gasteiger partial charge >= 0.3 is 0 Å². The van der Waals surface area contributed by atoms with Crippen LogP contribution in [0.2, 0.25) is 0 Å². The van der Waals surface area contributed by atoms with Gasteiger partial charge in [0, 0.05) is 25.0 Å². The fourth-order valence-corrected chi connectivity index (χ4v) is 2.58. The molecule has 9 nitrogen and oxygen atoms in total. The van der Waals surface area contributed by atoms with Gasteiger partial charge in [-0.3, -0.25) is 14.8 Å². The molecule has 0 unspecified atom stereocenters. The van der Waals surface area contributed by atoms with Crippen molar-refractivity contribution in [2.45, 2.75) is 11.4 Å². The Hall–Kier alpha value is -2.46. The van der Waals surface area contributed by atoms with Crippen molar-refractivity contribution in [3.05, 3.63) is 46.8 Å². The summed E-state index contributed by atoms with van der Waals surface area (Å²) in [6.07, 6.45) is 3.42. The molecular formula is C12H15N5O4S. The van der Waals surface area contributed by atoms with Crippen LogP contribution in [-0.2, 0) is 16.6 Å². The van der Waals surface area contributed by atoms with Crippen molar-refractivity contribution in [3.8, 4) is 0 Å². The lowest BCUT2D eigenvalue weighted by Gasteiger charge is -2.09. The van der Waals surface area contributed by atoms with E-state index in [9.17, 15) is 18.5 Å². The van der Waals surface area contributed by atoms with Crippen molar-refractivity contribution in [3.63, 3.8) is 0 Å². The van der Waals surface area contributed by atoms with Gasteiger partial charge in [-0.1, -0.05) is 0 Å². The summed E-state index contributed by atoms with van der Waals surface area (Å²) in [5.41, 5.74) is -0.0380. The van der Waals surface area contributed by atoms with Gasteiger partial charge in [-0.15, -0.1) is 0 Å². The van der Waals surface area contributed by atoms with Crippen LogP contribution < -0.4 is 10.0 Å². The highest BCUT2D eigenvalue weighted by Crippen LogP contribution is 2.27. The van der Waals surface area contributed by atoms with E-state index in [4.69, 9.17) is 0 Å². The number of aromatic nitrogens is 2. The Kier molecular flexibility index (Phi) is 4.73. The molecule has 0 saturated heterocycles. The number of nitro groups is 1. The third kappa shape index (κ3) is 3.59. The molecule has 10 heteroatoms. The molecule has 118 valence electrons. The summed E-state index contributed by atoms with van der Waals surface area (Å²) in [6, 6.07) is 5.50. The zero-order valence-electron chi connectivity index (χ0n) is 11.8. The van der Waals surface area contributed by atoms with Gasteiger partial charge in [-0.2, -0.15) is 5.10 Å². The molecule has 0 saturated carbocycles. The zero-order chi connectivity index (χ0) is 16.2. The fraction of sp³-hybridized carbons (Fsp3) is 0.250. The lowest BCUT2D eigenvalue weighted by Crippen LogP contribution is -2.19. The molecule has 0 bridgehead atoms. The van der Waals surface area contributed by atoms with E-state index in [-0.39, 0.29) is 16.3 Å². The predicted octanol–water partition coefficient (Wildman–Crippen LogP) is 0.811. The van der Waals surface area contributed by atoms with E-state index in [1.54, 1.807) is 23.1 Å². The van der Waals surface area contributed by atoms with Crippen LogP contribution >= 0.6 is 0 Å². The third-order valence-corrected chi connectivity index (χ3v) is 4.37. The van der Waals surface area contributed by atoms with Crippen LogP contribution in [0.25, 0.3) is 0 Å². The normalized spacial score (nSPS) is 11.3. The number of anilines is 1. The third-order valence-electron chi connectivity index (χ3n) is 2.96. The second-order valence-corrected chi connectivity index (χ2v) is 6.23. The molecule has 0 radical (unpaired) electrons. The molecule has 0 atom stereocenters. The maximum Gasteiger partial charge on any atom is 0.293 e. The minimum atomic E-state index is -3.72. The van der Waals surface area contributed by atoms with Gasteiger partial charge in [0.15, 0.2) is 0 Å². The monoisotopic (exact) mass is 325 g/mol. The Balaban J connectivity index is 2.18. The van der Waals surface area contributed by atoms with Crippen molar-refractivity contribution >= 4 is 21.4 Å². The first-order valence-electron chi connectivity index (χ1n) is 6.37. The second kappa shape index (κ2) is 6.54. The van der Waals surface area contributed by atoms with Gasteiger partial charge in [0.2, 0.25) is 10.0 Å². The average molecular weight is 325 g/mol. The van der Waals surface area contributed by atoms with E-state index < -0.39 is 14.9 Å². The van der Waals surface area contributed by atoms with Gasteiger partial charge in [-0.05, 0) is 25.2 Å². The van der Waals surface area contributed by atoms with Crippen molar-refractivity contribution in [1.29, 1.82) is 0 Å². The van der Waals surface area contributed by atoms with E-state index in [2.05, 4.69) is 15.1 Å². The number of rotatable bonds is 7. The standard InChI is InChI=1S/C12H15N5O4S/c1-13-22(20,21)10-3-4-11(12(9-10)17(18)19)14-6-8-16-7-2-5-15-16/h2-5,7,9,13-14H,6,8H2,1H3. The van der Waals surface area contributed by atoms with Crippen molar-refractivity contribution in [1.82, 2.24) is 14.5 Å². The molecule has 0 aliphatic rings. The topological polar surface area (TPSA) is 119 Å². The number of benzene rings is 1. The maximum absolute atomic E-state index is 11.7. The molecule has 1 heterocycles. The van der Waals surface area contributed by atoms with Crippen molar-refractivity contribution in [2.75, 3.05) is 18.9 Å². The molecule has 0 aliphatic carbocycles. The number of nitro benzene ring substituents is 1. The first-order chi connectivity index (χ1) is 10.4. The lowest BCUT2D eigenvalue weighted by atomic mass is 10.2. The average Bonchev–Trinajstić information content (AvgIpc) is 3.00. The molecule has 0 spiro atoms. The summed E-state index contributed by atoms with van der Waals surface area (Å²) >= 11 is 0. The second-order valence-electron chi connectivity index (χ2n) is 4.34. The van der Waals surface area contributed by atoms with Crippen LogP contribution in [0.5, 0.6) is 0 Å². The number of sulfonamides is 1. The number of nitrogens with one attached hydrogen (secondary N) is 2. The van der Waals surface area contributed by atoms with Crippen LogP contribution in [0.15, 0.2) is 41.6 Å². The van der Waals surface area contributed by atoms with Crippen LogP contribution in [0.4, 0.5) is 11.4 Å². The summed E-state index contributed by atoms with van der Waals surface area (Å²) in [5, 5.41) is 18.0. The lowest BCUT2D eigenvalue weighted by molar-refractivity contribution is -0.384. The zero-order valence-corrected chi connectivity index (χ0v) is 12.6. The summed E-state index contributed by atoms with van der Waals surface area (Å²) in [6.45, 7) is 0.946. The van der Waals surface area contributed by atoms with Crippen LogP contribution in [0.1, 0.15) is 0 Å². The van der Waals surface area contributed by atoms with E-state index in [0.29, 0.717) is 13.1 Å². The SMILES string of the molecule is CNS(=O)(=O)c1ccc(NCCn2cccn2)c([N+](=O)[O-])c1. The molecule has 22 heavy (non-hydrogen) atoms. The van der Waals surface area contributed by atoms with Gasteiger partial charge in [0.25, 0.3) is 5.69 Å². The Bertz CT molecular complexity index is 758. The summed E-state index contributed by atoms with van der Waals surface area (Å²) in [5.74, 6) is 0. The number of nitrogens with zero attached hydrogens (tertiary/aromatic N) is 3.